The Labute approximate surface area is 773 Å². The summed E-state index contributed by atoms with van der Waals surface area (Å²) in [6.07, 6.45) is -24.5. The number of hydrogen-bond donors (Lipinski definition) is 18. The van der Waals surface area contributed by atoms with Crippen molar-refractivity contribution < 1.29 is 132 Å². The molecule has 3 saturated heterocycles. The smallest absolute Gasteiger partial charge is 0.333 e. The number of esters is 1. The third-order valence-electron chi connectivity index (χ3n) is 24.6. The number of hydrogen-bond acceptors (Lipinski definition) is 30. The Hall–Kier alpha value is -10.7. The van der Waals surface area contributed by atoms with E-state index in [-0.39, 0.29) is 78.0 Å². The topological polar surface area (TPSA) is 569 Å². The molecule has 0 spiro atoms. The standard InChI is InChI=1S/C93H108Cl3N9O27/c1-8-45(25-41(2)3)86(119)104-76-62(110)29-52(32-69(98)112)87(120)102-74-51-30-66(127-64-21-16-49(78(76)114)27-58(64)95)82(132-91-83(80(116)79(115)68(39-106)129-91)131-72-37-93(7,85(118)43(5)126-72)101-38-44-9-11-46(12-10-44)47-13-18-53(94)19-14-47)67(31-51)128-65-22-17-50(28-59(65)96)81(130-71-36-92(6,99)84(117)42(4)125-71)77-89(122)103-75(90(123)124-40-70(113)100-24-23-97)57-33-54(107)34-61(109)73(57)56-26-48(15-20-60(56)108)55(35-63(74)111)88(121)105-77/h9-22,26-28,30-31,33-34,41-43,45,52,55,68,71-72,74-81,83-85,91,101,106-109,114-118H,8,23-25,29,32,35-40,97,99H2,1-7H3,(H2,98,112)(H,100,113)(H,102,120)(H,103,122)(H,104,119)(H,105,121). The van der Waals surface area contributed by atoms with Gasteiger partial charge in [0.2, 0.25) is 41.6 Å². The molecule has 7 aromatic rings. The lowest BCUT2D eigenvalue weighted by molar-refractivity contribution is -0.334. The van der Waals surface area contributed by atoms with Crippen molar-refractivity contribution in [3.8, 4) is 68.2 Å². The number of benzene rings is 7. The Morgan fingerprint density at radius 2 is 1.30 bits per heavy atom. The lowest BCUT2D eigenvalue weighted by Crippen LogP contribution is -2.65. The van der Waals surface area contributed by atoms with Crippen molar-refractivity contribution in [2.45, 2.75) is 221 Å². The zero-order chi connectivity index (χ0) is 95.4. The average molecular weight is 1890 g/mol. The van der Waals surface area contributed by atoms with Crippen LogP contribution < -0.4 is 63.3 Å². The van der Waals surface area contributed by atoms with Crippen LogP contribution in [0.5, 0.6) is 46.0 Å². The predicted octanol–water partition coefficient (Wildman–Crippen LogP) is 6.44. The van der Waals surface area contributed by atoms with Crippen molar-refractivity contribution in [1.82, 2.24) is 31.9 Å². The van der Waals surface area contributed by atoms with Crippen LogP contribution in [0.15, 0.2) is 127 Å². The van der Waals surface area contributed by atoms with Crippen LogP contribution in [0, 0.1) is 17.8 Å². The number of Topliss-reactive ketones (excluding diaryl/α,β-unsaturated/α-hetero) is 2. The molecule has 0 radical (unpaired) electrons. The molecule has 3 fully saturated rings. The number of aliphatic hydroxyl groups is 6. The van der Waals surface area contributed by atoms with Gasteiger partial charge in [-0.3, -0.25) is 38.4 Å². The van der Waals surface area contributed by atoms with Crippen LogP contribution in [-0.4, -0.2) is 216 Å². The lowest BCUT2D eigenvalue weighted by Gasteiger charge is -2.48. The molecule has 11 bridgehead atoms. The number of nitrogens with two attached hydrogens (primary N) is 3. The molecule has 6 amide bonds. The number of phenolic OH excluding ortho intramolecular Hbond substituents is 3. The summed E-state index contributed by atoms with van der Waals surface area (Å²) in [7, 11) is 0. The first-order valence-corrected chi connectivity index (χ1v) is 44.3. The van der Waals surface area contributed by atoms with Gasteiger partial charge >= 0.3 is 5.97 Å². The number of ketones is 2. The molecule has 39 heteroatoms. The maximum absolute atomic E-state index is 16.8. The molecule has 8 aliphatic rings. The molecule has 22 atom stereocenters. The van der Waals surface area contributed by atoms with Gasteiger partial charge in [0.05, 0.1) is 52.9 Å². The van der Waals surface area contributed by atoms with E-state index in [9.17, 15) is 65.1 Å². The Kier molecular flexibility index (Phi) is 31.3. The maximum atomic E-state index is 16.8. The minimum Gasteiger partial charge on any atom is -0.508 e. The molecule has 15 rings (SSSR count). The second-order valence-corrected chi connectivity index (χ2v) is 36.2. The Morgan fingerprint density at radius 3 is 1.92 bits per heavy atom. The largest absolute Gasteiger partial charge is 0.508 e. The maximum Gasteiger partial charge on any atom is 0.333 e. The molecule has 8 heterocycles. The first-order valence-electron chi connectivity index (χ1n) is 43.2. The van der Waals surface area contributed by atoms with E-state index < -0.39 is 280 Å². The summed E-state index contributed by atoms with van der Waals surface area (Å²) in [6, 6.07) is 20.9. The quantitative estimate of drug-likeness (QED) is 0.0306. The number of ether oxygens (including phenoxy) is 9. The van der Waals surface area contributed by atoms with Crippen LogP contribution in [-0.2, 0) is 78.1 Å². The first-order chi connectivity index (χ1) is 62.6. The van der Waals surface area contributed by atoms with Crippen LogP contribution in [0.4, 0.5) is 0 Å². The highest BCUT2D eigenvalue weighted by Gasteiger charge is 2.53. The molecule has 21 N–H and O–H groups in total. The number of aromatic hydroxyl groups is 3. The van der Waals surface area contributed by atoms with E-state index >= 15 is 24.0 Å². The van der Waals surface area contributed by atoms with Gasteiger partial charge in [0.1, 0.15) is 77.4 Å². The predicted molar refractivity (Wildman–Crippen MR) is 474 cm³/mol. The van der Waals surface area contributed by atoms with Gasteiger partial charge in [0, 0.05) is 96.5 Å². The lowest BCUT2D eigenvalue weighted by atomic mass is 9.84. The number of rotatable bonds is 23. The van der Waals surface area contributed by atoms with Crippen molar-refractivity contribution in [2.75, 3.05) is 26.3 Å². The first kappa shape index (κ1) is 98.8. The van der Waals surface area contributed by atoms with Crippen molar-refractivity contribution in [2.24, 2.45) is 35.0 Å². The number of halogens is 3. The van der Waals surface area contributed by atoms with Gasteiger partial charge in [-0.05, 0) is 152 Å². The van der Waals surface area contributed by atoms with Crippen molar-refractivity contribution in [1.29, 1.82) is 0 Å². The monoisotopic (exact) mass is 1890 g/mol. The van der Waals surface area contributed by atoms with Crippen LogP contribution in [0.1, 0.15) is 157 Å². The van der Waals surface area contributed by atoms with Gasteiger partial charge in [-0.25, -0.2) is 4.79 Å². The minimum absolute atomic E-state index is 0.0360. The van der Waals surface area contributed by atoms with E-state index in [0.29, 0.717) is 11.4 Å². The van der Waals surface area contributed by atoms with Gasteiger partial charge in [-0.15, -0.1) is 0 Å². The molecular formula is C93H108Cl3N9O27. The zero-order valence-electron chi connectivity index (χ0n) is 73.0. The van der Waals surface area contributed by atoms with Gasteiger partial charge < -0.3 is 138 Å². The number of nitrogens with one attached hydrogen (secondary N) is 6. The van der Waals surface area contributed by atoms with Crippen molar-refractivity contribution >= 4 is 87.8 Å². The number of aliphatic hydroxyl groups excluding tert-OH is 6. The third-order valence-corrected chi connectivity index (χ3v) is 25.4. The van der Waals surface area contributed by atoms with Gasteiger partial charge in [-0.2, -0.15) is 0 Å². The number of fused-ring (bicyclic) bond motifs is 15. The summed E-state index contributed by atoms with van der Waals surface area (Å²) in [4.78, 5) is 137. The average Bonchev–Trinajstić information content (AvgIpc) is 0.747. The summed E-state index contributed by atoms with van der Waals surface area (Å²) in [5.74, 6) is -20.0. The third kappa shape index (κ3) is 22.3. The van der Waals surface area contributed by atoms with E-state index in [1.807, 2.05) is 50.2 Å². The number of carbonyl (C=O) groups is 9. The zero-order valence-corrected chi connectivity index (χ0v) is 75.2. The molecule has 7 aromatic carbocycles. The fourth-order valence-electron chi connectivity index (χ4n) is 17.4. The Bertz CT molecular complexity index is 5470. The summed E-state index contributed by atoms with van der Waals surface area (Å²) in [6.45, 7) is 9.82. The fraction of sp³-hybridized carbons (Fsp3) is 0.452. The normalized spacial score (nSPS) is 28.8. The van der Waals surface area contributed by atoms with Crippen molar-refractivity contribution in [3.05, 3.63) is 176 Å². The minimum atomic E-state index is -2.27. The summed E-state index contributed by atoms with van der Waals surface area (Å²) in [5, 5.41) is 123. The highest BCUT2D eigenvalue weighted by atomic mass is 35.5. The fourth-order valence-corrected chi connectivity index (χ4v) is 18.0. The number of carbonyl (C=O) groups excluding carboxylic acids is 9. The highest BCUT2D eigenvalue weighted by molar-refractivity contribution is 6.32. The molecule has 22 unspecified atom stereocenters. The number of phenols is 3. The second kappa shape index (κ2) is 41.8. The molecule has 132 heavy (non-hydrogen) atoms. The summed E-state index contributed by atoms with van der Waals surface area (Å²) in [5.41, 5.74) is 15.8. The van der Waals surface area contributed by atoms with Crippen LogP contribution >= 0.6 is 34.8 Å². The van der Waals surface area contributed by atoms with Crippen molar-refractivity contribution in [3.63, 3.8) is 0 Å². The summed E-state index contributed by atoms with van der Waals surface area (Å²) >= 11 is 21.0. The van der Waals surface area contributed by atoms with Crippen LogP contribution in [0.25, 0.3) is 22.3 Å². The van der Waals surface area contributed by atoms with Gasteiger partial charge in [0.25, 0.3) is 5.91 Å². The number of primary amides is 1. The molecule has 36 nitrogen and oxygen atoms in total. The van der Waals surface area contributed by atoms with E-state index in [1.165, 1.54) is 56.3 Å². The molecule has 708 valence electrons. The Morgan fingerprint density at radius 1 is 0.667 bits per heavy atom. The molecule has 0 aromatic heterocycles. The number of amides is 6. The molecular weight excluding hydrogens is 1780 g/mol. The Balaban J connectivity index is 1.02. The highest BCUT2D eigenvalue weighted by Crippen LogP contribution is 2.52. The molecule has 8 aliphatic heterocycles. The van der Waals surface area contributed by atoms with E-state index in [2.05, 4.69) is 31.9 Å². The molecule has 0 saturated carbocycles. The van der Waals surface area contributed by atoms with Gasteiger partial charge in [0.15, 0.2) is 54.4 Å². The van der Waals surface area contributed by atoms with Crippen LogP contribution in [0.3, 0.4) is 0 Å². The van der Waals surface area contributed by atoms with Crippen LogP contribution in [0.2, 0.25) is 15.1 Å². The SMILES string of the molecule is CCC(CC(C)C)C(=O)NC1C(=O)CC(CC(N)=O)C(=O)NC2C(=O)CC3C(=O)NC(C(=O)NC(C(=O)OCC(=O)NCCN)c4cc(O)cc(O)c4-c4cc3ccc4O)C(OC3CC(C)(N)C(O)C(C)O3)c3ccc(c(Cl)c3)Oc3cc2cc(c3OC2OC(CO)C(O)C(O)C2OC2CC(C)(NCc3ccc(-c4ccc(Cl)cc4)cc3)C(O)C(C)O2)Oc2ccc(cc2Cl)C1O. The second-order valence-electron chi connectivity index (χ2n) is 35.0. The van der Waals surface area contributed by atoms with E-state index in [0.717, 1.165) is 53.1 Å². The molecule has 0 aliphatic carbocycles. The van der Waals surface area contributed by atoms with E-state index in [1.54, 1.807) is 32.9 Å². The van der Waals surface area contributed by atoms with Gasteiger partial charge in [-0.1, -0.05) is 110 Å². The van der Waals surface area contributed by atoms with E-state index in [4.69, 9.17) is 94.6 Å². The summed E-state index contributed by atoms with van der Waals surface area (Å²) < 4.78 is 58.9.